The number of anilines is 1. The lowest BCUT2D eigenvalue weighted by Gasteiger charge is -2.09. The van der Waals surface area contributed by atoms with Gasteiger partial charge < -0.3 is 5.32 Å². The van der Waals surface area contributed by atoms with E-state index in [9.17, 15) is 9.59 Å². The molecular formula is C19H21NO2. The quantitative estimate of drug-likeness (QED) is 0.862. The molecule has 0 atom stereocenters. The summed E-state index contributed by atoms with van der Waals surface area (Å²) in [5.41, 5.74) is 4.14. The molecule has 114 valence electrons. The Kier molecular flexibility index (Phi) is 4.76. The van der Waals surface area contributed by atoms with Crippen LogP contribution < -0.4 is 5.32 Å². The van der Waals surface area contributed by atoms with E-state index < -0.39 is 0 Å². The number of nitrogens with one attached hydrogen (secondary N) is 1. The molecule has 0 spiro atoms. The molecule has 3 heteroatoms. The highest BCUT2D eigenvalue weighted by atomic mass is 16.1. The van der Waals surface area contributed by atoms with E-state index in [1.807, 2.05) is 45.9 Å². The lowest BCUT2D eigenvalue weighted by molar-refractivity contribution is -0.118. The van der Waals surface area contributed by atoms with Crippen LogP contribution in [0.3, 0.4) is 0 Å². The van der Waals surface area contributed by atoms with Crippen molar-refractivity contribution in [1.29, 1.82) is 0 Å². The maximum Gasteiger partial charge on any atom is 0.226 e. The molecule has 0 radical (unpaired) electrons. The first kappa shape index (κ1) is 16.0. The van der Waals surface area contributed by atoms with Gasteiger partial charge in [0.15, 0.2) is 5.78 Å². The van der Waals surface area contributed by atoms with Gasteiger partial charge in [-0.05, 0) is 43.2 Å². The molecule has 2 aromatic carbocycles. The molecule has 1 N–H and O–H groups in total. The van der Waals surface area contributed by atoms with Gasteiger partial charge in [-0.25, -0.2) is 0 Å². The molecule has 0 saturated carbocycles. The number of carbonyl (C=O) groups excluding carboxylic acids is 2. The predicted molar refractivity (Wildman–Crippen MR) is 89.3 cm³/mol. The van der Waals surface area contributed by atoms with Gasteiger partial charge in [-0.15, -0.1) is 0 Å². The summed E-state index contributed by atoms with van der Waals surface area (Å²) in [6.07, 6.45) is 0. The van der Waals surface area contributed by atoms with Crippen molar-refractivity contribution in [3.8, 4) is 0 Å². The molecule has 0 aliphatic rings. The Morgan fingerprint density at radius 2 is 1.59 bits per heavy atom. The van der Waals surface area contributed by atoms with Crippen molar-refractivity contribution in [2.24, 2.45) is 5.92 Å². The van der Waals surface area contributed by atoms with E-state index >= 15 is 0 Å². The monoisotopic (exact) mass is 295 g/mol. The van der Waals surface area contributed by atoms with E-state index in [-0.39, 0.29) is 17.6 Å². The summed E-state index contributed by atoms with van der Waals surface area (Å²) in [7, 11) is 0. The molecule has 3 nitrogen and oxygen atoms in total. The van der Waals surface area contributed by atoms with Gasteiger partial charge in [0.05, 0.1) is 0 Å². The van der Waals surface area contributed by atoms with Crippen LogP contribution in [0.15, 0.2) is 42.5 Å². The van der Waals surface area contributed by atoms with E-state index in [4.69, 9.17) is 0 Å². The Bertz CT molecular complexity index is 717. The molecule has 22 heavy (non-hydrogen) atoms. The minimum atomic E-state index is -0.0981. The molecule has 1 amide bonds. The fourth-order valence-corrected chi connectivity index (χ4v) is 2.07. The van der Waals surface area contributed by atoms with E-state index in [1.54, 1.807) is 24.3 Å². The first-order valence-electron chi connectivity index (χ1n) is 7.41. The summed E-state index contributed by atoms with van der Waals surface area (Å²) in [5.74, 6) is -0.196. The zero-order valence-corrected chi connectivity index (χ0v) is 13.4. The number of amides is 1. The standard InChI is InChI=1S/C19H21NO2/c1-12(2)19(22)20-17-7-5-6-15(11-17)18(21)16-9-8-13(3)14(4)10-16/h5-12H,1-4H3,(H,20,22). The Balaban J connectivity index is 2.26. The lowest BCUT2D eigenvalue weighted by Crippen LogP contribution is -2.18. The zero-order valence-electron chi connectivity index (χ0n) is 13.4. The highest BCUT2D eigenvalue weighted by Gasteiger charge is 2.12. The largest absolute Gasteiger partial charge is 0.326 e. The van der Waals surface area contributed by atoms with Gasteiger partial charge in [-0.3, -0.25) is 9.59 Å². The van der Waals surface area contributed by atoms with Gasteiger partial charge in [-0.1, -0.05) is 38.1 Å². The molecule has 0 aliphatic carbocycles. The number of rotatable bonds is 4. The number of ketones is 1. The molecule has 0 fully saturated rings. The summed E-state index contributed by atoms with van der Waals surface area (Å²) in [5, 5.41) is 2.82. The van der Waals surface area contributed by atoms with Gasteiger partial charge in [0.1, 0.15) is 0 Å². The van der Waals surface area contributed by atoms with Crippen LogP contribution in [0.2, 0.25) is 0 Å². The van der Waals surface area contributed by atoms with Crippen molar-refractivity contribution in [2.45, 2.75) is 27.7 Å². The second-order valence-electron chi connectivity index (χ2n) is 5.85. The number of carbonyl (C=O) groups is 2. The first-order chi connectivity index (χ1) is 10.4. The summed E-state index contributed by atoms with van der Waals surface area (Å²) in [6, 6.07) is 12.7. The van der Waals surface area contributed by atoms with E-state index in [1.165, 1.54) is 0 Å². The number of aryl methyl sites for hydroxylation is 2. The molecule has 2 aromatic rings. The normalized spacial score (nSPS) is 10.6. The minimum Gasteiger partial charge on any atom is -0.326 e. The average molecular weight is 295 g/mol. The maximum atomic E-state index is 12.6. The van der Waals surface area contributed by atoms with Crippen molar-refractivity contribution in [3.63, 3.8) is 0 Å². The topological polar surface area (TPSA) is 46.2 Å². The van der Waals surface area contributed by atoms with Gasteiger partial charge in [0, 0.05) is 22.7 Å². The Hall–Kier alpha value is -2.42. The smallest absolute Gasteiger partial charge is 0.226 e. The second-order valence-corrected chi connectivity index (χ2v) is 5.85. The number of benzene rings is 2. The SMILES string of the molecule is Cc1ccc(C(=O)c2cccc(NC(=O)C(C)C)c2)cc1C. The summed E-state index contributed by atoms with van der Waals surface area (Å²) in [4.78, 5) is 24.3. The van der Waals surface area contributed by atoms with Crippen molar-refractivity contribution in [2.75, 3.05) is 5.32 Å². The summed E-state index contributed by atoms with van der Waals surface area (Å²) < 4.78 is 0. The predicted octanol–water partition coefficient (Wildman–Crippen LogP) is 4.13. The molecule has 0 heterocycles. The van der Waals surface area contributed by atoms with Crippen molar-refractivity contribution in [1.82, 2.24) is 0 Å². The fourth-order valence-electron chi connectivity index (χ4n) is 2.07. The van der Waals surface area contributed by atoms with Gasteiger partial charge in [-0.2, -0.15) is 0 Å². The summed E-state index contributed by atoms with van der Waals surface area (Å²) in [6.45, 7) is 7.68. The van der Waals surface area contributed by atoms with E-state index in [2.05, 4.69) is 5.32 Å². The van der Waals surface area contributed by atoms with Crippen LogP contribution in [0.1, 0.15) is 40.9 Å². The molecule has 0 bridgehead atoms. The third-order valence-electron chi connectivity index (χ3n) is 3.69. The molecular weight excluding hydrogens is 274 g/mol. The maximum absolute atomic E-state index is 12.6. The first-order valence-corrected chi connectivity index (χ1v) is 7.41. The lowest BCUT2D eigenvalue weighted by atomic mass is 9.99. The van der Waals surface area contributed by atoms with Crippen LogP contribution in [0.25, 0.3) is 0 Å². The number of hydrogen-bond acceptors (Lipinski definition) is 2. The molecule has 0 aliphatic heterocycles. The third-order valence-corrected chi connectivity index (χ3v) is 3.69. The second kappa shape index (κ2) is 6.56. The van der Waals surface area contributed by atoms with Crippen LogP contribution in [0, 0.1) is 19.8 Å². The molecule has 0 saturated heterocycles. The van der Waals surface area contributed by atoms with Crippen molar-refractivity contribution >= 4 is 17.4 Å². The van der Waals surface area contributed by atoms with Gasteiger partial charge in [0.25, 0.3) is 0 Å². The van der Waals surface area contributed by atoms with E-state index in [0.29, 0.717) is 16.8 Å². The average Bonchev–Trinajstić information content (AvgIpc) is 2.49. The van der Waals surface area contributed by atoms with Crippen molar-refractivity contribution < 1.29 is 9.59 Å². The minimum absolute atomic E-state index is 0.0382. The van der Waals surface area contributed by atoms with Gasteiger partial charge >= 0.3 is 0 Å². The Morgan fingerprint density at radius 1 is 0.909 bits per heavy atom. The molecule has 2 rings (SSSR count). The van der Waals surface area contributed by atoms with Crippen LogP contribution >= 0.6 is 0 Å². The van der Waals surface area contributed by atoms with Crippen LogP contribution in [-0.2, 0) is 4.79 Å². The Labute approximate surface area is 131 Å². The zero-order chi connectivity index (χ0) is 16.3. The fraction of sp³-hybridized carbons (Fsp3) is 0.263. The molecule has 0 aromatic heterocycles. The van der Waals surface area contributed by atoms with Crippen LogP contribution in [0.4, 0.5) is 5.69 Å². The van der Waals surface area contributed by atoms with Gasteiger partial charge in [0.2, 0.25) is 5.91 Å². The van der Waals surface area contributed by atoms with E-state index in [0.717, 1.165) is 11.1 Å². The number of hydrogen-bond donors (Lipinski definition) is 1. The highest BCUT2D eigenvalue weighted by Crippen LogP contribution is 2.17. The summed E-state index contributed by atoms with van der Waals surface area (Å²) >= 11 is 0. The Morgan fingerprint density at radius 3 is 2.23 bits per heavy atom. The third kappa shape index (κ3) is 3.61. The van der Waals surface area contributed by atoms with Crippen LogP contribution in [0.5, 0.6) is 0 Å². The highest BCUT2D eigenvalue weighted by molar-refractivity contribution is 6.09. The van der Waals surface area contributed by atoms with Crippen molar-refractivity contribution in [3.05, 3.63) is 64.7 Å². The van der Waals surface area contributed by atoms with Crippen LogP contribution in [-0.4, -0.2) is 11.7 Å². The molecule has 0 unspecified atom stereocenters.